The number of rotatable bonds is 3. The van der Waals surface area contributed by atoms with Gasteiger partial charge in [-0.15, -0.1) is 0 Å². The van der Waals surface area contributed by atoms with Crippen LogP contribution in [-0.4, -0.2) is 11.1 Å². The average molecular weight is 369 g/mol. The van der Waals surface area contributed by atoms with Crippen LogP contribution in [0.3, 0.4) is 0 Å². The molecule has 130 valence electrons. The van der Waals surface area contributed by atoms with Crippen molar-refractivity contribution in [3.05, 3.63) is 89.0 Å². The maximum absolute atomic E-state index is 13.6. The largest absolute Gasteiger partial charge is 0.439 e. The molecule has 4 nitrogen and oxygen atoms in total. The molecule has 6 heteroatoms. The number of nitrogens with one attached hydrogen (secondary N) is 1. The fourth-order valence-electron chi connectivity index (χ4n) is 3.08. The molecule has 0 bridgehead atoms. The molecule has 1 saturated heterocycles. The molecular formula is C20H14ClFN2O2. The first-order valence-electron chi connectivity index (χ1n) is 8.04. The van der Waals surface area contributed by atoms with Crippen LogP contribution in [0.5, 0.6) is 0 Å². The van der Waals surface area contributed by atoms with Crippen molar-refractivity contribution in [1.82, 2.24) is 10.3 Å². The van der Waals surface area contributed by atoms with Gasteiger partial charge in [-0.2, -0.15) is 0 Å². The molecule has 1 fully saturated rings. The molecule has 1 aliphatic heterocycles. The fraction of sp³-hybridized carbons (Fsp3) is 0.100. The minimum Gasteiger partial charge on any atom is -0.439 e. The molecule has 2 aromatic carbocycles. The van der Waals surface area contributed by atoms with Gasteiger partial charge in [0.2, 0.25) is 0 Å². The Bertz CT molecular complexity index is 979. The number of amides is 1. The molecule has 26 heavy (non-hydrogen) atoms. The SMILES string of the molecule is O=C1N[C@H](c2cncc(-c3cccc(Cl)c3)c2)C(c2cccc(F)c2)O1. The average Bonchev–Trinajstić information content (AvgIpc) is 3.04. The van der Waals surface area contributed by atoms with Gasteiger partial charge in [-0.05, 0) is 47.0 Å². The van der Waals surface area contributed by atoms with E-state index in [4.69, 9.17) is 16.3 Å². The number of cyclic esters (lactones) is 1. The van der Waals surface area contributed by atoms with Crippen LogP contribution in [0.2, 0.25) is 5.02 Å². The molecule has 1 aliphatic rings. The summed E-state index contributed by atoms with van der Waals surface area (Å²) < 4.78 is 19.0. The highest BCUT2D eigenvalue weighted by molar-refractivity contribution is 6.30. The summed E-state index contributed by atoms with van der Waals surface area (Å²) >= 11 is 6.07. The number of pyridine rings is 1. The number of alkyl carbamates (subject to hydrolysis) is 1. The van der Waals surface area contributed by atoms with Crippen LogP contribution in [-0.2, 0) is 4.74 Å². The van der Waals surface area contributed by atoms with E-state index in [1.54, 1.807) is 30.6 Å². The molecule has 0 spiro atoms. The Kier molecular flexibility index (Phi) is 4.31. The van der Waals surface area contributed by atoms with Crippen LogP contribution < -0.4 is 5.32 Å². The number of hydrogen-bond donors (Lipinski definition) is 1. The second kappa shape index (κ2) is 6.77. The summed E-state index contributed by atoms with van der Waals surface area (Å²) in [5.74, 6) is -0.380. The lowest BCUT2D eigenvalue weighted by molar-refractivity contribution is 0.132. The van der Waals surface area contributed by atoms with Crippen molar-refractivity contribution in [2.45, 2.75) is 12.1 Å². The van der Waals surface area contributed by atoms with Gasteiger partial charge in [0.25, 0.3) is 0 Å². The predicted molar refractivity (Wildman–Crippen MR) is 96.2 cm³/mol. The molecule has 1 unspecified atom stereocenters. The van der Waals surface area contributed by atoms with E-state index in [9.17, 15) is 9.18 Å². The van der Waals surface area contributed by atoms with Gasteiger partial charge in [0.1, 0.15) is 11.9 Å². The standard InChI is InChI=1S/C20H14ClFN2O2/c21-16-5-1-3-12(8-16)14-7-15(11-23-10-14)18-19(26-20(25)24-18)13-4-2-6-17(22)9-13/h1-11,18-19H,(H,24,25)/t18-,19?/m1/s1. The lowest BCUT2D eigenvalue weighted by Gasteiger charge is -2.18. The summed E-state index contributed by atoms with van der Waals surface area (Å²) in [6, 6.07) is 14.9. The second-order valence-corrected chi connectivity index (χ2v) is 6.46. The van der Waals surface area contributed by atoms with E-state index in [1.165, 1.54) is 12.1 Å². The van der Waals surface area contributed by atoms with Crippen molar-refractivity contribution >= 4 is 17.7 Å². The highest BCUT2D eigenvalue weighted by Gasteiger charge is 2.36. The third-order valence-electron chi connectivity index (χ3n) is 4.26. The van der Waals surface area contributed by atoms with Gasteiger partial charge in [0.05, 0.1) is 0 Å². The Hall–Kier alpha value is -2.92. The van der Waals surface area contributed by atoms with E-state index in [2.05, 4.69) is 10.3 Å². The van der Waals surface area contributed by atoms with Gasteiger partial charge in [0.15, 0.2) is 6.10 Å². The maximum atomic E-state index is 13.6. The molecule has 0 saturated carbocycles. The van der Waals surface area contributed by atoms with Gasteiger partial charge in [0, 0.05) is 23.0 Å². The molecule has 2 atom stereocenters. The minimum absolute atomic E-state index is 0.380. The highest BCUT2D eigenvalue weighted by atomic mass is 35.5. The van der Waals surface area contributed by atoms with E-state index in [-0.39, 0.29) is 5.82 Å². The van der Waals surface area contributed by atoms with Gasteiger partial charge in [-0.25, -0.2) is 9.18 Å². The number of aromatic nitrogens is 1. The first-order chi connectivity index (χ1) is 12.6. The van der Waals surface area contributed by atoms with E-state index in [0.29, 0.717) is 10.6 Å². The lowest BCUT2D eigenvalue weighted by atomic mass is 9.95. The fourth-order valence-corrected chi connectivity index (χ4v) is 3.27. The number of nitrogens with zero attached hydrogens (tertiary/aromatic N) is 1. The van der Waals surface area contributed by atoms with E-state index >= 15 is 0 Å². The number of benzene rings is 2. The van der Waals surface area contributed by atoms with E-state index in [0.717, 1.165) is 16.7 Å². The molecule has 1 N–H and O–H groups in total. The molecule has 1 aromatic heterocycles. The smallest absolute Gasteiger partial charge is 0.408 e. The van der Waals surface area contributed by atoms with Crippen molar-refractivity contribution in [2.24, 2.45) is 0 Å². The number of carbonyl (C=O) groups excluding carboxylic acids is 1. The zero-order valence-electron chi connectivity index (χ0n) is 13.5. The van der Waals surface area contributed by atoms with E-state index in [1.807, 2.05) is 24.3 Å². The van der Waals surface area contributed by atoms with Crippen molar-refractivity contribution in [2.75, 3.05) is 0 Å². The first-order valence-corrected chi connectivity index (χ1v) is 8.41. The molecular weight excluding hydrogens is 355 g/mol. The molecule has 0 aliphatic carbocycles. The van der Waals surface area contributed by atoms with Gasteiger partial charge < -0.3 is 10.1 Å². The van der Waals surface area contributed by atoms with Crippen LogP contribution in [0.4, 0.5) is 9.18 Å². The lowest BCUT2D eigenvalue weighted by Crippen LogP contribution is -2.19. The third-order valence-corrected chi connectivity index (χ3v) is 4.50. The molecule has 4 rings (SSSR count). The number of carbonyl (C=O) groups is 1. The van der Waals surface area contributed by atoms with Crippen LogP contribution in [0.1, 0.15) is 23.3 Å². The molecule has 0 radical (unpaired) electrons. The molecule has 1 amide bonds. The summed E-state index contributed by atoms with van der Waals surface area (Å²) in [5, 5.41) is 3.41. The Morgan fingerprint density at radius 1 is 1.00 bits per heavy atom. The topological polar surface area (TPSA) is 51.2 Å². The summed E-state index contributed by atoms with van der Waals surface area (Å²) in [4.78, 5) is 16.1. The normalized spacial score (nSPS) is 19.1. The van der Waals surface area contributed by atoms with Crippen LogP contribution in [0.15, 0.2) is 67.0 Å². The quantitative estimate of drug-likeness (QED) is 0.702. The van der Waals surface area contributed by atoms with Crippen molar-refractivity contribution in [1.29, 1.82) is 0 Å². The van der Waals surface area contributed by atoms with Gasteiger partial charge in [-0.1, -0.05) is 35.9 Å². The Balaban J connectivity index is 1.71. The Morgan fingerprint density at radius 3 is 2.65 bits per heavy atom. The zero-order valence-corrected chi connectivity index (χ0v) is 14.3. The van der Waals surface area contributed by atoms with Crippen LogP contribution >= 0.6 is 11.6 Å². The summed E-state index contributed by atoms with van der Waals surface area (Å²) in [5.41, 5.74) is 3.13. The predicted octanol–water partition coefficient (Wildman–Crippen LogP) is 5.06. The third kappa shape index (κ3) is 3.26. The maximum Gasteiger partial charge on any atom is 0.408 e. The number of halogens is 2. The number of hydrogen-bond acceptors (Lipinski definition) is 3. The minimum atomic E-state index is -0.630. The van der Waals surface area contributed by atoms with Crippen molar-refractivity contribution in [3.8, 4) is 11.1 Å². The zero-order chi connectivity index (χ0) is 18.1. The Labute approximate surface area is 154 Å². The number of ether oxygens (including phenoxy) is 1. The van der Waals surface area contributed by atoms with Crippen molar-refractivity contribution in [3.63, 3.8) is 0 Å². The summed E-state index contributed by atoms with van der Waals surface area (Å²) in [7, 11) is 0. The summed E-state index contributed by atoms with van der Waals surface area (Å²) in [6.45, 7) is 0. The molecule has 3 aromatic rings. The van der Waals surface area contributed by atoms with Crippen LogP contribution in [0.25, 0.3) is 11.1 Å². The van der Waals surface area contributed by atoms with Crippen LogP contribution in [0, 0.1) is 5.82 Å². The van der Waals surface area contributed by atoms with Crippen molar-refractivity contribution < 1.29 is 13.9 Å². The van der Waals surface area contributed by atoms with Gasteiger partial charge in [-0.3, -0.25) is 4.98 Å². The highest BCUT2D eigenvalue weighted by Crippen LogP contribution is 2.37. The molecule has 2 heterocycles. The van der Waals surface area contributed by atoms with E-state index < -0.39 is 18.2 Å². The Morgan fingerprint density at radius 2 is 1.85 bits per heavy atom. The first kappa shape index (κ1) is 16.5. The monoisotopic (exact) mass is 368 g/mol. The summed E-state index contributed by atoms with van der Waals surface area (Å²) in [6.07, 6.45) is 2.22. The van der Waals surface area contributed by atoms with Gasteiger partial charge >= 0.3 is 6.09 Å². The second-order valence-electron chi connectivity index (χ2n) is 6.02.